The van der Waals surface area contributed by atoms with Crippen molar-refractivity contribution in [1.82, 2.24) is 0 Å². The largest absolute Gasteiger partial charge is 0.483 e. The van der Waals surface area contributed by atoms with Crippen LogP contribution in [0.5, 0.6) is 0 Å². The Labute approximate surface area is 77.1 Å². The fourth-order valence-corrected chi connectivity index (χ4v) is 1.41. The highest BCUT2D eigenvalue weighted by Gasteiger charge is 2.07. The van der Waals surface area contributed by atoms with Crippen molar-refractivity contribution in [3.63, 3.8) is 0 Å². The molecule has 3 N–H and O–H groups in total. The van der Waals surface area contributed by atoms with E-state index in [4.69, 9.17) is 10.3 Å². The maximum Gasteiger partial charge on any atom is 0.294 e. The predicted molar refractivity (Wildman–Crippen MR) is 48.4 cm³/mol. The van der Waals surface area contributed by atoms with Crippen molar-refractivity contribution in [2.24, 2.45) is 5.73 Å². The van der Waals surface area contributed by atoms with Crippen molar-refractivity contribution in [2.75, 3.05) is 0 Å². The summed E-state index contributed by atoms with van der Waals surface area (Å²) in [5, 5.41) is 0. The first-order valence-electron chi connectivity index (χ1n) is 3.64. The minimum Gasteiger partial charge on any atom is -0.483 e. The van der Waals surface area contributed by atoms with E-state index in [9.17, 15) is 8.42 Å². The molecule has 0 heterocycles. The molecule has 1 rings (SSSR count). The molecule has 0 spiro atoms. The lowest BCUT2D eigenvalue weighted by Gasteiger charge is -2.05. The minimum absolute atomic E-state index is 0.103. The van der Waals surface area contributed by atoms with Gasteiger partial charge in [-0.25, -0.2) is 0 Å². The average Bonchev–Trinajstić information content (AvgIpc) is 2.04. The Hall–Kier alpha value is -0.910. The Morgan fingerprint density at radius 2 is 1.85 bits per heavy atom. The molecule has 0 unspecified atom stereocenters. The molecule has 5 heteroatoms. The molecule has 0 fully saturated rings. The van der Waals surface area contributed by atoms with Gasteiger partial charge in [0.25, 0.3) is 10.1 Å². The Balaban J connectivity index is 2.94. The van der Waals surface area contributed by atoms with Gasteiger partial charge in [0.2, 0.25) is 0 Å². The molecule has 0 bridgehead atoms. The molecule has 4 nitrogen and oxygen atoms in total. The summed E-state index contributed by atoms with van der Waals surface area (Å²) < 4.78 is 29.9. The first-order chi connectivity index (χ1) is 6.04. The van der Waals surface area contributed by atoms with Gasteiger partial charge in [-0.05, 0) is 12.1 Å². The van der Waals surface area contributed by atoms with Crippen LogP contribution in [-0.4, -0.2) is 13.0 Å². The minimum atomic E-state index is -4.08. The topological polar surface area (TPSA) is 80.4 Å². The van der Waals surface area contributed by atoms with Crippen molar-refractivity contribution in [2.45, 2.75) is 11.3 Å². The van der Waals surface area contributed by atoms with E-state index < -0.39 is 10.1 Å². The van der Waals surface area contributed by atoms with E-state index in [0.29, 0.717) is 6.42 Å². The summed E-state index contributed by atoms with van der Waals surface area (Å²) in [6.45, 7) is 1.47. The van der Waals surface area contributed by atoms with Gasteiger partial charge in [0.05, 0.1) is 4.90 Å². The van der Waals surface area contributed by atoms with E-state index in [1.165, 1.54) is 18.7 Å². The smallest absolute Gasteiger partial charge is 0.294 e. The summed E-state index contributed by atoms with van der Waals surface area (Å²) in [7, 11) is -4.08. The monoisotopic (exact) mass is 200 g/mol. The summed E-state index contributed by atoms with van der Waals surface area (Å²) in [6.07, 6.45) is 0.575. The van der Waals surface area contributed by atoms with Crippen molar-refractivity contribution in [3.05, 3.63) is 36.4 Å². The summed E-state index contributed by atoms with van der Waals surface area (Å²) in [5.74, 6) is 0. The van der Waals surface area contributed by atoms with Gasteiger partial charge in [0.1, 0.15) is 0 Å². The Kier molecular flexibility index (Phi) is 3.02. The Morgan fingerprint density at radius 1 is 1.31 bits per heavy atom. The van der Waals surface area contributed by atoms with Crippen LogP contribution in [-0.2, 0) is 16.5 Å². The molecule has 0 aliphatic heterocycles. The zero-order valence-electron chi connectivity index (χ0n) is 6.84. The van der Waals surface area contributed by atoms with Crippen LogP contribution in [0, 0.1) is 6.54 Å². The van der Waals surface area contributed by atoms with Gasteiger partial charge >= 0.3 is 0 Å². The third-order valence-electron chi connectivity index (χ3n) is 1.57. The van der Waals surface area contributed by atoms with Crippen LogP contribution in [0.25, 0.3) is 0 Å². The zero-order chi connectivity index (χ0) is 9.90. The highest BCUT2D eigenvalue weighted by molar-refractivity contribution is 7.85. The number of rotatable bonds is 3. The lowest BCUT2D eigenvalue weighted by atomic mass is 10.2. The number of hydrogen-bond acceptors (Lipinski definition) is 3. The molecule has 13 heavy (non-hydrogen) atoms. The van der Waals surface area contributed by atoms with Crippen molar-refractivity contribution in [3.8, 4) is 0 Å². The predicted octanol–water partition coefficient (Wildman–Crippen LogP) is 0.596. The van der Waals surface area contributed by atoms with Crippen LogP contribution < -0.4 is 5.73 Å². The third kappa shape index (κ3) is 2.80. The lowest BCUT2D eigenvalue weighted by molar-refractivity contribution is 0.483. The lowest BCUT2D eigenvalue weighted by Crippen LogP contribution is -1.99. The summed E-state index contributed by atoms with van der Waals surface area (Å²) in [5.41, 5.74) is 6.09. The molecule has 0 aromatic heterocycles. The molecule has 1 aromatic rings. The van der Waals surface area contributed by atoms with Gasteiger partial charge in [-0.1, -0.05) is 17.7 Å². The molecule has 72 valence electrons. The maximum absolute atomic E-state index is 10.6. The second kappa shape index (κ2) is 3.87. The van der Waals surface area contributed by atoms with Crippen LogP contribution >= 0.6 is 0 Å². The van der Waals surface area contributed by atoms with Gasteiger partial charge in [0.15, 0.2) is 0 Å². The number of benzene rings is 1. The first kappa shape index (κ1) is 10.2. The molecule has 0 saturated heterocycles. The maximum atomic E-state index is 10.6. The van der Waals surface area contributed by atoms with Gasteiger partial charge < -0.3 is 5.73 Å². The zero-order valence-corrected chi connectivity index (χ0v) is 7.66. The Morgan fingerprint density at radius 3 is 2.23 bits per heavy atom. The van der Waals surface area contributed by atoms with E-state index in [1.807, 2.05) is 0 Å². The van der Waals surface area contributed by atoms with E-state index in [0.717, 1.165) is 5.56 Å². The molecular weight excluding hydrogens is 190 g/mol. The van der Waals surface area contributed by atoms with Crippen LogP contribution in [0.4, 0.5) is 0 Å². The highest BCUT2D eigenvalue weighted by atomic mass is 32.2. The summed E-state index contributed by atoms with van der Waals surface area (Å²) >= 11 is 0. The van der Waals surface area contributed by atoms with Gasteiger partial charge in [0, 0.05) is 0 Å². The molecule has 0 aliphatic rings. The molecule has 0 saturated carbocycles. The second-order valence-electron chi connectivity index (χ2n) is 2.56. The van der Waals surface area contributed by atoms with Crippen LogP contribution in [0.2, 0.25) is 0 Å². The summed E-state index contributed by atoms with van der Waals surface area (Å²) in [6, 6.07) is 5.89. The fraction of sp³-hybridized carbons (Fsp3) is 0.125. The van der Waals surface area contributed by atoms with Gasteiger partial charge in [-0.3, -0.25) is 11.1 Å². The molecule has 0 radical (unpaired) electrons. The van der Waals surface area contributed by atoms with Gasteiger partial charge in [-0.15, -0.1) is 6.42 Å². The molecule has 0 amide bonds. The number of hydrogen-bond donors (Lipinski definition) is 2. The standard InChI is InChI=1S/C8H10NO3S/c9-6-5-7-1-3-8(4-2-7)13(10,11)12/h1-4,6H,5,9H2,(H,10,11,12)/q-1. The average molecular weight is 200 g/mol. The van der Waals surface area contributed by atoms with Gasteiger partial charge in [-0.2, -0.15) is 8.42 Å². The fourth-order valence-electron chi connectivity index (χ4n) is 0.934. The van der Waals surface area contributed by atoms with Crippen LogP contribution in [0.3, 0.4) is 0 Å². The van der Waals surface area contributed by atoms with E-state index in [1.54, 1.807) is 12.1 Å². The quantitative estimate of drug-likeness (QED) is 0.553. The van der Waals surface area contributed by atoms with Crippen LogP contribution in [0.15, 0.2) is 29.2 Å². The molecule has 0 atom stereocenters. The normalized spacial score (nSPS) is 11.5. The van der Waals surface area contributed by atoms with Crippen molar-refractivity contribution >= 4 is 10.1 Å². The van der Waals surface area contributed by atoms with Crippen LogP contribution in [0.1, 0.15) is 5.56 Å². The summed E-state index contributed by atoms with van der Waals surface area (Å²) in [4.78, 5) is -0.103. The van der Waals surface area contributed by atoms with E-state index in [-0.39, 0.29) is 4.90 Å². The highest BCUT2D eigenvalue weighted by Crippen LogP contribution is 2.10. The first-order valence-corrected chi connectivity index (χ1v) is 5.08. The SMILES string of the molecule is N[CH-]Cc1ccc(S(=O)(=O)O)cc1. The van der Waals surface area contributed by atoms with E-state index >= 15 is 0 Å². The molecule has 1 aromatic carbocycles. The Bertz CT molecular complexity index is 369. The molecule has 0 aliphatic carbocycles. The molecular formula is C8H10NO3S-. The number of nitrogens with two attached hydrogens (primary N) is 1. The second-order valence-corrected chi connectivity index (χ2v) is 3.98. The van der Waals surface area contributed by atoms with E-state index in [2.05, 4.69) is 0 Å². The third-order valence-corrected chi connectivity index (χ3v) is 2.44. The van der Waals surface area contributed by atoms with Crippen molar-refractivity contribution < 1.29 is 13.0 Å². The van der Waals surface area contributed by atoms with Crippen molar-refractivity contribution in [1.29, 1.82) is 0 Å².